The number of ether oxygens (including phenoxy) is 1. The van der Waals surface area contributed by atoms with Crippen molar-refractivity contribution in [1.29, 1.82) is 0 Å². The lowest BCUT2D eigenvalue weighted by atomic mass is 10.0. The van der Waals surface area contributed by atoms with E-state index in [2.05, 4.69) is 15.1 Å². The minimum atomic E-state index is -0.327. The molecule has 0 spiro atoms. The predicted molar refractivity (Wildman–Crippen MR) is 127 cm³/mol. The second kappa shape index (κ2) is 11.3. The van der Waals surface area contributed by atoms with Crippen LogP contribution in [-0.4, -0.2) is 67.2 Å². The number of carbonyl (C=O) groups is 2. The molecular weight excluding hydrogens is 423 g/mol. The maximum absolute atomic E-state index is 14.0. The number of hydrogen-bond acceptors (Lipinski definition) is 5. The number of hydrogen-bond donors (Lipinski definition) is 1. The van der Waals surface area contributed by atoms with Crippen LogP contribution in [0.25, 0.3) is 0 Å². The first-order valence-electron chi connectivity index (χ1n) is 11.6. The summed E-state index contributed by atoms with van der Waals surface area (Å²) in [6, 6.07) is 6.87. The fraction of sp³-hybridized carbons (Fsp3) is 0.520. The van der Waals surface area contributed by atoms with Gasteiger partial charge in [-0.25, -0.2) is 9.18 Å². The Kier molecular flexibility index (Phi) is 8.49. The molecule has 0 saturated carbocycles. The van der Waals surface area contributed by atoms with Gasteiger partial charge in [0.05, 0.1) is 12.3 Å². The second-order valence-electron chi connectivity index (χ2n) is 8.45. The highest BCUT2D eigenvalue weighted by atomic mass is 19.1. The van der Waals surface area contributed by atoms with Crippen LogP contribution in [0.2, 0.25) is 0 Å². The molecule has 1 aliphatic rings. The van der Waals surface area contributed by atoms with E-state index in [9.17, 15) is 14.0 Å². The molecule has 1 amide bonds. The van der Waals surface area contributed by atoms with Gasteiger partial charge in [-0.1, -0.05) is 12.1 Å². The molecule has 2 heterocycles. The number of esters is 1. The van der Waals surface area contributed by atoms with Crippen LogP contribution in [0.1, 0.15) is 40.7 Å². The molecule has 1 fully saturated rings. The van der Waals surface area contributed by atoms with Crippen LogP contribution >= 0.6 is 0 Å². The van der Waals surface area contributed by atoms with Gasteiger partial charge in [0.1, 0.15) is 11.5 Å². The van der Waals surface area contributed by atoms with E-state index in [1.54, 1.807) is 13.0 Å². The number of aromatic nitrogens is 1. The number of anilines is 1. The van der Waals surface area contributed by atoms with Crippen molar-refractivity contribution in [3.8, 4) is 0 Å². The normalized spacial score (nSPS) is 14.4. The SMILES string of the molecule is CCOC(=O)c1c(C)c(CCC(=O)NCCN2CCN(c3ccccc3F)CC2)c(C)n1C. The molecule has 3 rings (SSSR count). The summed E-state index contributed by atoms with van der Waals surface area (Å²) in [7, 11) is 1.85. The van der Waals surface area contributed by atoms with E-state index in [0.717, 1.165) is 49.5 Å². The van der Waals surface area contributed by atoms with Crippen LogP contribution in [0.15, 0.2) is 24.3 Å². The van der Waals surface area contributed by atoms with Crippen LogP contribution in [0.4, 0.5) is 10.1 Å². The molecule has 1 aliphatic heterocycles. The number of rotatable bonds is 9. The number of nitrogens with one attached hydrogen (secondary N) is 1. The van der Waals surface area contributed by atoms with Gasteiger partial charge in [0.2, 0.25) is 5.91 Å². The van der Waals surface area contributed by atoms with E-state index in [0.29, 0.717) is 37.4 Å². The fourth-order valence-electron chi connectivity index (χ4n) is 4.49. The molecule has 0 radical (unpaired) electrons. The fourth-order valence-corrected chi connectivity index (χ4v) is 4.49. The lowest BCUT2D eigenvalue weighted by molar-refractivity contribution is -0.121. The second-order valence-corrected chi connectivity index (χ2v) is 8.45. The first-order valence-corrected chi connectivity index (χ1v) is 11.6. The molecule has 2 aromatic rings. The number of benzene rings is 1. The van der Waals surface area contributed by atoms with E-state index in [1.165, 1.54) is 6.07 Å². The lowest BCUT2D eigenvalue weighted by Crippen LogP contribution is -2.48. The summed E-state index contributed by atoms with van der Waals surface area (Å²) in [4.78, 5) is 29.0. The third-order valence-electron chi connectivity index (χ3n) is 6.47. The Hall–Kier alpha value is -2.87. The van der Waals surface area contributed by atoms with Crippen LogP contribution in [0.5, 0.6) is 0 Å². The number of para-hydroxylation sites is 1. The number of carbonyl (C=O) groups excluding carboxylic acids is 2. The Balaban J connectivity index is 1.42. The number of piperazine rings is 1. The zero-order valence-corrected chi connectivity index (χ0v) is 20.1. The molecule has 8 heteroatoms. The van der Waals surface area contributed by atoms with Crippen molar-refractivity contribution in [2.45, 2.75) is 33.6 Å². The van der Waals surface area contributed by atoms with Crippen LogP contribution < -0.4 is 10.2 Å². The summed E-state index contributed by atoms with van der Waals surface area (Å²) in [6.07, 6.45) is 0.951. The Morgan fingerprint density at radius 2 is 1.82 bits per heavy atom. The van der Waals surface area contributed by atoms with Gasteiger partial charge in [-0.2, -0.15) is 0 Å². The summed E-state index contributed by atoms with van der Waals surface area (Å²) < 4.78 is 21.0. The highest BCUT2D eigenvalue weighted by Gasteiger charge is 2.22. The molecule has 180 valence electrons. The predicted octanol–water partition coefficient (Wildman–Crippen LogP) is 2.83. The Morgan fingerprint density at radius 3 is 2.48 bits per heavy atom. The molecule has 0 unspecified atom stereocenters. The largest absolute Gasteiger partial charge is 0.461 e. The summed E-state index contributed by atoms with van der Waals surface area (Å²) >= 11 is 0. The zero-order valence-electron chi connectivity index (χ0n) is 20.1. The molecule has 1 aromatic heterocycles. The Bertz CT molecular complexity index is 980. The Labute approximate surface area is 195 Å². The quantitative estimate of drug-likeness (QED) is 0.586. The third-order valence-corrected chi connectivity index (χ3v) is 6.47. The summed E-state index contributed by atoms with van der Waals surface area (Å²) in [5, 5.41) is 3.00. The van der Waals surface area contributed by atoms with Gasteiger partial charge in [-0.15, -0.1) is 0 Å². The van der Waals surface area contributed by atoms with Crippen molar-refractivity contribution in [3.05, 3.63) is 52.6 Å². The van der Waals surface area contributed by atoms with Gasteiger partial charge in [-0.05, 0) is 50.5 Å². The van der Waals surface area contributed by atoms with E-state index < -0.39 is 0 Å². The molecule has 1 saturated heterocycles. The summed E-state index contributed by atoms with van der Waals surface area (Å²) in [5.41, 5.74) is 4.10. The van der Waals surface area contributed by atoms with Crippen molar-refractivity contribution in [2.75, 3.05) is 50.8 Å². The van der Waals surface area contributed by atoms with Crippen molar-refractivity contribution in [1.82, 2.24) is 14.8 Å². The topological polar surface area (TPSA) is 66.8 Å². The molecule has 7 nitrogen and oxygen atoms in total. The average molecular weight is 459 g/mol. The van der Waals surface area contributed by atoms with Crippen LogP contribution in [0, 0.1) is 19.7 Å². The van der Waals surface area contributed by atoms with E-state index in [1.807, 2.05) is 37.6 Å². The highest BCUT2D eigenvalue weighted by Crippen LogP contribution is 2.23. The number of halogens is 1. The van der Waals surface area contributed by atoms with Gasteiger partial charge in [0.15, 0.2) is 0 Å². The van der Waals surface area contributed by atoms with Gasteiger partial charge in [0, 0.05) is 58.4 Å². The lowest BCUT2D eigenvalue weighted by Gasteiger charge is -2.36. The maximum atomic E-state index is 14.0. The van der Waals surface area contributed by atoms with Crippen molar-refractivity contribution in [3.63, 3.8) is 0 Å². The summed E-state index contributed by atoms with van der Waals surface area (Å²) in [5.74, 6) is -0.511. The first-order chi connectivity index (χ1) is 15.8. The smallest absolute Gasteiger partial charge is 0.355 e. The molecular formula is C25H35FN4O3. The van der Waals surface area contributed by atoms with Gasteiger partial charge >= 0.3 is 5.97 Å². The average Bonchev–Trinajstić information content (AvgIpc) is 3.01. The van der Waals surface area contributed by atoms with Crippen LogP contribution in [-0.2, 0) is 23.0 Å². The third kappa shape index (κ3) is 5.93. The van der Waals surface area contributed by atoms with E-state index in [-0.39, 0.29) is 17.7 Å². The highest BCUT2D eigenvalue weighted by molar-refractivity contribution is 5.90. The molecule has 33 heavy (non-hydrogen) atoms. The molecule has 0 bridgehead atoms. The van der Waals surface area contributed by atoms with Crippen molar-refractivity contribution in [2.24, 2.45) is 7.05 Å². The standard InChI is InChI=1S/C25H35FN4O3/c1-5-33-25(32)24-18(2)20(19(3)28(24)4)10-11-23(31)27-12-13-29-14-16-30(17-15-29)22-9-7-6-8-21(22)26/h6-9H,5,10-17H2,1-4H3,(H,27,31). The Morgan fingerprint density at radius 1 is 1.12 bits per heavy atom. The van der Waals surface area contributed by atoms with E-state index >= 15 is 0 Å². The maximum Gasteiger partial charge on any atom is 0.355 e. The summed E-state index contributed by atoms with van der Waals surface area (Å²) in [6.45, 7) is 10.6. The number of amides is 1. The van der Waals surface area contributed by atoms with Gasteiger partial charge in [-0.3, -0.25) is 9.69 Å². The van der Waals surface area contributed by atoms with E-state index in [4.69, 9.17) is 4.74 Å². The van der Waals surface area contributed by atoms with Gasteiger partial charge < -0.3 is 19.5 Å². The molecule has 1 aromatic carbocycles. The molecule has 1 N–H and O–H groups in total. The zero-order chi connectivity index (χ0) is 24.0. The molecule has 0 atom stereocenters. The number of nitrogens with zero attached hydrogens (tertiary/aromatic N) is 3. The van der Waals surface area contributed by atoms with Crippen LogP contribution in [0.3, 0.4) is 0 Å². The van der Waals surface area contributed by atoms with Gasteiger partial charge in [0.25, 0.3) is 0 Å². The van der Waals surface area contributed by atoms with Crippen molar-refractivity contribution >= 4 is 17.6 Å². The minimum Gasteiger partial charge on any atom is -0.461 e. The monoisotopic (exact) mass is 458 g/mol. The first kappa shape index (κ1) is 24.8. The minimum absolute atomic E-state index is 0.000306. The van der Waals surface area contributed by atoms with Crippen molar-refractivity contribution < 1.29 is 18.7 Å². The molecule has 0 aliphatic carbocycles.